The first-order valence-electron chi connectivity index (χ1n) is 5.54. The number of aldehydes is 1. The number of halogens is 1. The van der Waals surface area contributed by atoms with E-state index in [1.165, 1.54) is 4.88 Å². The van der Waals surface area contributed by atoms with Crippen LogP contribution in [0.15, 0.2) is 46.4 Å². The maximum absolute atomic E-state index is 11.1. The van der Waals surface area contributed by atoms with Crippen molar-refractivity contribution in [1.29, 1.82) is 0 Å². The molecule has 1 aromatic carbocycles. The Kier molecular flexibility index (Phi) is 3.06. The van der Waals surface area contributed by atoms with Crippen molar-refractivity contribution in [3.63, 3.8) is 0 Å². The third-order valence-electron chi connectivity index (χ3n) is 2.89. The van der Waals surface area contributed by atoms with Gasteiger partial charge in [0.1, 0.15) is 0 Å². The van der Waals surface area contributed by atoms with Crippen LogP contribution in [0.2, 0.25) is 0 Å². The predicted molar refractivity (Wildman–Crippen MR) is 78.4 cm³/mol. The second-order valence-corrected chi connectivity index (χ2v) is 5.99. The number of thiophene rings is 1. The monoisotopic (exact) mass is 319 g/mol. The Labute approximate surface area is 117 Å². The lowest BCUT2D eigenvalue weighted by molar-refractivity contribution is 0.112. The van der Waals surface area contributed by atoms with Gasteiger partial charge < -0.3 is 4.57 Å². The average Bonchev–Trinajstić information content (AvgIpc) is 2.95. The van der Waals surface area contributed by atoms with E-state index in [-0.39, 0.29) is 0 Å². The summed E-state index contributed by atoms with van der Waals surface area (Å²) in [7, 11) is 0. The van der Waals surface area contributed by atoms with Crippen molar-refractivity contribution in [2.75, 3.05) is 0 Å². The Bertz CT molecular complexity index is 713. The Morgan fingerprint density at radius 2 is 2.17 bits per heavy atom. The molecule has 0 saturated carbocycles. The molecule has 2 nitrogen and oxygen atoms in total. The van der Waals surface area contributed by atoms with Crippen LogP contribution in [-0.4, -0.2) is 10.9 Å². The van der Waals surface area contributed by atoms with E-state index in [2.05, 4.69) is 31.9 Å². The molecule has 18 heavy (non-hydrogen) atoms. The molecule has 2 aromatic heterocycles. The van der Waals surface area contributed by atoms with Crippen molar-refractivity contribution in [3.05, 3.63) is 56.8 Å². The van der Waals surface area contributed by atoms with Crippen molar-refractivity contribution in [1.82, 2.24) is 4.57 Å². The van der Waals surface area contributed by atoms with Gasteiger partial charge in [-0.15, -0.1) is 11.3 Å². The fraction of sp³-hybridized carbons (Fsp3) is 0.0714. The van der Waals surface area contributed by atoms with Crippen LogP contribution in [0.5, 0.6) is 0 Å². The summed E-state index contributed by atoms with van der Waals surface area (Å²) in [4.78, 5) is 12.3. The molecule has 0 amide bonds. The molecule has 0 aliphatic heterocycles. The van der Waals surface area contributed by atoms with E-state index in [1.54, 1.807) is 11.3 Å². The van der Waals surface area contributed by atoms with Crippen molar-refractivity contribution in [3.8, 4) is 0 Å². The van der Waals surface area contributed by atoms with E-state index in [9.17, 15) is 4.79 Å². The number of carbonyl (C=O) groups excluding carboxylic acids is 1. The zero-order chi connectivity index (χ0) is 12.5. The average molecular weight is 320 g/mol. The fourth-order valence-electron chi connectivity index (χ4n) is 2.10. The lowest BCUT2D eigenvalue weighted by atomic mass is 10.2. The standard InChI is InChI=1S/C14H10BrNOS/c15-11-5-12(18-9-11)7-16-6-10(8-17)13-3-1-2-4-14(13)16/h1-6,8-9H,7H2. The van der Waals surface area contributed by atoms with E-state index in [1.807, 2.05) is 30.5 Å². The zero-order valence-corrected chi connectivity index (χ0v) is 11.9. The SMILES string of the molecule is O=Cc1cn(Cc2cc(Br)cs2)c2ccccc12. The van der Waals surface area contributed by atoms with Gasteiger partial charge in [0.05, 0.1) is 6.54 Å². The second-order valence-electron chi connectivity index (χ2n) is 4.08. The molecule has 0 atom stereocenters. The summed E-state index contributed by atoms with van der Waals surface area (Å²) in [5.41, 5.74) is 1.85. The summed E-state index contributed by atoms with van der Waals surface area (Å²) < 4.78 is 3.23. The highest BCUT2D eigenvalue weighted by molar-refractivity contribution is 9.10. The molecule has 0 aliphatic carbocycles. The first-order valence-corrected chi connectivity index (χ1v) is 7.21. The van der Waals surface area contributed by atoms with Crippen molar-refractivity contribution >= 4 is 44.5 Å². The molecule has 4 heteroatoms. The third-order valence-corrected chi connectivity index (χ3v) is 4.58. The molecular weight excluding hydrogens is 310 g/mol. The fourth-order valence-corrected chi connectivity index (χ4v) is 3.55. The molecule has 0 aliphatic rings. The molecular formula is C14H10BrNOS. The number of aromatic nitrogens is 1. The summed E-state index contributed by atoms with van der Waals surface area (Å²) in [6.07, 6.45) is 2.84. The van der Waals surface area contributed by atoms with Crippen LogP contribution >= 0.6 is 27.3 Å². The van der Waals surface area contributed by atoms with Gasteiger partial charge in [-0.05, 0) is 28.1 Å². The number of hydrogen-bond donors (Lipinski definition) is 0. The second kappa shape index (κ2) is 4.71. The summed E-state index contributed by atoms with van der Waals surface area (Å²) in [5, 5.41) is 3.09. The molecule has 3 rings (SSSR count). The van der Waals surface area contributed by atoms with Gasteiger partial charge in [0.25, 0.3) is 0 Å². The minimum absolute atomic E-state index is 0.751. The van der Waals surface area contributed by atoms with Crippen LogP contribution in [0.25, 0.3) is 10.9 Å². The third kappa shape index (κ3) is 2.02. The summed E-state index contributed by atoms with van der Waals surface area (Å²) in [6.45, 7) is 0.796. The van der Waals surface area contributed by atoms with Gasteiger partial charge >= 0.3 is 0 Å². The molecule has 0 fully saturated rings. The number of nitrogens with zero attached hydrogens (tertiary/aromatic N) is 1. The van der Waals surface area contributed by atoms with Gasteiger partial charge in [-0.1, -0.05) is 18.2 Å². The van der Waals surface area contributed by atoms with E-state index < -0.39 is 0 Å². The van der Waals surface area contributed by atoms with Crippen molar-refractivity contribution in [2.24, 2.45) is 0 Å². The van der Waals surface area contributed by atoms with Crippen LogP contribution in [0, 0.1) is 0 Å². The van der Waals surface area contributed by atoms with Gasteiger partial charge in [-0.3, -0.25) is 4.79 Å². The summed E-state index contributed by atoms with van der Waals surface area (Å²) in [5.74, 6) is 0. The molecule has 0 saturated heterocycles. The maximum atomic E-state index is 11.1. The summed E-state index contributed by atoms with van der Waals surface area (Å²) in [6, 6.07) is 10.1. The molecule has 90 valence electrons. The quantitative estimate of drug-likeness (QED) is 0.659. The summed E-state index contributed by atoms with van der Waals surface area (Å²) >= 11 is 5.17. The van der Waals surface area contributed by atoms with Crippen molar-refractivity contribution < 1.29 is 4.79 Å². The number of fused-ring (bicyclic) bond motifs is 1. The van der Waals surface area contributed by atoms with E-state index in [0.29, 0.717) is 0 Å². The zero-order valence-electron chi connectivity index (χ0n) is 9.47. The normalized spacial score (nSPS) is 10.9. The number of benzene rings is 1. The minimum Gasteiger partial charge on any atom is -0.341 e. The number of rotatable bonds is 3. The van der Waals surface area contributed by atoms with Crippen LogP contribution < -0.4 is 0 Å². The van der Waals surface area contributed by atoms with Crippen LogP contribution in [0.3, 0.4) is 0 Å². The topological polar surface area (TPSA) is 22.0 Å². The Balaban J connectivity index is 2.09. The first kappa shape index (κ1) is 11.7. The Morgan fingerprint density at radius 3 is 2.89 bits per heavy atom. The van der Waals surface area contributed by atoms with Crippen LogP contribution in [-0.2, 0) is 6.54 Å². The van der Waals surface area contributed by atoms with Gasteiger partial charge in [0.2, 0.25) is 0 Å². The van der Waals surface area contributed by atoms with Gasteiger partial charge in [-0.25, -0.2) is 0 Å². The lowest BCUT2D eigenvalue weighted by Crippen LogP contribution is -1.95. The first-order chi connectivity index (χ1) is 8.78. The smallest absolute Gasteiger partial charge is 0.152 e. The highest BCUT2D eigenvalue weighted by atomic mass is 79.9. The number of carbonyl (C=O) groups is 1. The number of para-hydroxylation sites is 1. The van der Waals surface area contributed by atoms with Crippen molar-refractivity contribution in [2.45, 2.75) is 6.54 Å². The largest absolute Gasteiger partial charge is 0.341 e. The number of hydrogen-bond acceptors (Lipinski definition) is 2. The van der Waals surface area contributed by atoms with Crippen LogP contribution in [0.4, 0.5) is 0 Å². The van der Waals surface area contributed by atoms with E-state index >= 15 is 0 Å². The molecule has 0 unspecified atom stereocenters. The highest BCUT2D eigenvalue weighted by Gasteiger charge is 2.08. The molecule has 0 spiro atoms. The van der Waals surface area contributed by atoms with E-state index in [4.69, 9.17) is 0 Å². The molecule has 3 aromatic rings. The predicted octanol–water partition coefficient (Wildman–Crippen LogP) is 4.33. The molecule has 0 N–H and O–H groups in total. The van der Waals surface area contributed by atoms with Gasteiger partial charge in [0, 0.05) is 37.4 Å². The van der Waals surface area contributed by atoms with Crippen LogP contribution in [0.1, 0.15) is 15.2 Å². The van der Waals surface area contributed by atoms with Gasteiger partial charge in [0.15, 0.2) is 6.29 Å². The Hall–Kier alpha value is -1.39. The molecule has 0 bridgehead atoms. The highest BCUT2D eigenvalue weighted by Crippen LogP contribution is 2.24. The van der Waals surface area contributed by atoms with E-state index in [0.717, 1.165) is 33.8 Å². The molecule has 0 radical (unpaired) electrons. The Morgan fingerprint density at radius 1 is 1.33 bits per heavy atom. The molecule has 2 heterocycles. The maximum Gasteiger partial charge on any atom is 0.152 e. The minimum atomic E-state index is 0.751. The van der Waals surface area contributed by atoms with Gasteiger partial charge in [-0.2, -0.15) is 0 Å². The lowest BCUT2D eigenvalue weighted by Gasteiger charge is -2.02.